The molecule has 0 spiro atoms. The number of ether oxygens (including phenoxy) is 1. The number of carbonyl (C=O) groups is 1. The molecule has 0 fully saturated rings. The Morgan fingerprint density at radius 1 is 1.24 bits per heavy atom. The molecule has 1 aliphatic rings. The second-order valence-corrected chi connectivity index (χ2v) is 6.03. The number of rotatable bonds is 4. The van der Waals surface area contributed by atoms with Gasteiger partial charge in [0, 0.05) is 31.4 Å². The molecule has 1 atom stereocenters. The molecule has 0 bridgehead atoms. The van der Waals surface area contributed by atoms with E-state index < -0.39 is 0 Å². The van der Waals surface area contributed by atoms with Gasteiger partial charge in [0.1, 0.15) is 5.75 Å². The lowest BCUT2D eigenvalue weighted by molar-refractivity contribution is 0.0669. The van der Waals surface area contributed by atoms with Gasteiger partial charge in [-0.05, 0) is 30.3 Å². The molecular weight excluding hydrogens is 320 g/mol. The van der Waals surface area contributed by atoms with Gasteiger partial charge in [0.2, 0.25) is 0 Å². The molecule has 4 heterocycles. The van der Waals surface area contributed by atoms with Crippen molar-refractivity contribution in [2.45, 2.75) is 13.1 Å². The van der Waals surface area contributed by atoms with Crippen molar-refractivity contribution in [3.05, 3.63) is 66.6 Å². The third-order valence-corrected chi connectivity index (χ3v) is 4.21. The highest BCUT2D eigenvalue weighted by Crippen LogP contribution is 2.19. The van der Waals surface area contributed by atoms with Gasteiger partial charge in [0.25, 0.3) is 5.91 Å². The van der Waals surface area contributed by atoms with Crippen LogP contribution in [0.25, 0.3) is 0 Å². The SMILES string of the molecule is O=C(c1ccco1)N1Cc2ccnn2CC(COc2cccnc2)C1. The number of nitrogens with zero attached hydrogens (tertiary/aromatic N) is 4. The maximum atomic E-state index is 12.7. The number of amides is 1. The summed E-state index contributed by atoms with van der Waals surface area (Å²) >= 11 is 0. The third-order valence-electron chi connectivity index (χ3n) is 4.21. The van der Waals surface area contributed by atoms with Gasteiger partial charge in [-0.3, -0.25) is 14.5 Å². The summed E-state index contributed by atoms with van der Waals surface area (Å²) in [7, 11) is 0. The van der Waals surface area contributed by atoms with Crippen LogP contribution in [0.3, 0.4) is 0 Å². The topological polar surface area (TPSA) is 73.4 Å². The van der Waals surface area contributed by atoms with E-state index in [1.165, 1.54) is 6.26 Å². The minimum absolute atomic E-state index is 0.111. The average molecular weight is 338 g/mol. The lowest BCUT2D eigenvalue weighted by atomic mass is 10.1. The van der Waals surface area contributed by atoms with Crippen LogP contribution in [0.5, 0.6) is 5.75 Å². The quantitative estimate of drug-likeness (QED) is 0.729. The van der Waals surface area contributed by atoms with Gasteiger partial charge >= 0.3 is 0 Å². The molecule has 0 aliphatic carbocycles. The van der Waals surface area contributed by atoms with Crippen LogP contribution in [0, 0.1) is 5.92 Å². The Kier molecular flexibility index (Phi) is 4.20. The minimum atomic E-state index is -0.119. The second kappa shape index (κ2) is 6.80. The van der Waals surface area contributed by atoms with Crippen molar-refractivity contribution in [3.8, 4) is 5.75 Å². The Labute approximate surface area is 144 Å². The van der Waals surface area contributed by atoms with Gasteiger partial charge in [0.05, 0.1) is 31.3 Å². The van der Waals surface area contributed by atoms with Crippen molar-refractivity contribution < 1.29 is 13.9 Å². The highest BCUT2D eigenvalue weighted by molar-refractivity contribution is 5.91. The fourth-order valence-corrected chi connectivity index (χ4v) is 3.00. The zero-order valence-electron chi connectivity index (χ0n) is 13.6. The van der Waals surface area contributed by atoms with Gasteiger partial charge in [-0.2, -0.15) is 5.10 Å². The Bertz CT molecular complexity index is 829. The summed E-state index contributed by atoms with van der Waals surface area (Å²) in [6.07, 6.45) is 6.66. The van der Waals surface area contributed by atoms with Crippen molar-refractivity contribution in [1.82, 2.24) is 19.7 Å². The molecule has 1 amide bonds. The molecule has 0 radical (unpaired) electrons. The number of aromatic nitrogens is 3. The fourth-order valence-electron chi connectivity index (χ4n) is 3.00. The van der Waals surface area contributed by atoms with Gasteiger partial charge in [-0.15, -0.1) is 0 Å². The Hall–Kier alpha value is -3.09. The van der Waals surface area contributed by atoms with Crippen LogP contribution in [0.2, 0.25) is 0 Å². The zero-order valence-corrected chi connectivity index (χ0v) is 13.6. The summed E-state index contributed by atoms with van der Waals surface area (Å²) in [4.78, 5) is 18.6. The van der Waals surface area contributed by atoms with E-state index in [2.05, 4.69) is 10.1 Å². The molecule has 0 saturated carbocycles. The van der Waals surface area contributed by atoms with Crippen molar-refractivity contribution >= 4 is 5.91 Å². The van der Waals surface area contributed by atoms with E-state index in [1.54, 1.807) is 35.6 Å². The monoisotopic (exact) mass is 338 g/mol. The molecule has 0 saturated heterocycles. The Balaban J connectivity index is 1.52. The molecule has 0 aromatic carbocycles. The predicted octanol–water partition coefficient (Wildman–Crippen LogP) is 2.22. The van der Waals surface area contributed by atoms with Gasteiger partial charge in [-0.1, -0.05) is 0 Å². The van der Waals surface area contributed by atoms with E-state index >= 15 is 0 Å². The van der Waals surface area contributed by atoms with Crippen molar-refractivity contribution in [2.75, 3.05) is 13.2 Å². The number of furan rings is 1. The molecule has 3 aromatic heterocycles. The predicted molar refractivity (Wildman–Crippen MR) is 88.9 cm³/mol. The summed E-state index contributed by atoms with van der Waals surface area (Å²) in [6, 6.07) is 9.05. The first kappa shape index (κ1) is 15.4. The molecule has 128 valence electrons. The molecule has 1 aliphatic heterocycles. The van der Waals surface area contributed by atoms with Crippen molar-refractivity contribution in [2.24, 2.45) is 5.92 Å². The number of pyridine rings is 1. The summed E-state index contributed by atoms with van der Waals surface area (Å²) in [5, 5.41) is 4.37. The summed E-state index contributed by atoms with van der Waals surface area (Å²) < 4.78 is 13.1. The van der Waals surface area contributed by atoms with Crippen LogP contribution in [0.15, 0.2) is 59.6 Å². The van der Waals surface area contributed by atoms with Crippen molar-refractivity contribution in [3.63, 3.8) is 0 Å². The van der Waals surface area contributed by atoms with Gasteiger partial charge < -0.3 is 14.1 Å². The number of hydrogen-bond donors (Lipinski definition) is 0. The van der Waals surface area contributed by atoms with Crippen LogP contribution in [0.1, 0.15) is 16.2 Å². The first-order chi connectivity index (χ1) is 12.3. The Morgan fingerprint density at radius 3 is 3.00 bits per heavy atom. The summed E-state index contributed by atoms with van der Waals surface area (Å²) in [5.74, 6) is 1.06. The van der Waals surface area contributed by atoms with Crippen LogP contribution in [0.4, 0.5) is 0 Å². The van der Waals surface area contributed by atoms with E-state index in [4.69, 9.17) is 9.15 Å². The van der Waals surface area contributed by atoms with E-state index in [0.29, 0.717) is 32.0 Å². The van der Waals surface area contributed by atoms with E-state index in [9.17, 15) is 4.79 Å². The van der Waals surface area contributed by atoms with E-state index in [1.807, 2.05) is 22.9 Å². The first-order valence-electron chi connectivity index (χ1n) is 8.16. The van der Waals surface area contributed by atoms with E-state index in [-0.39, 0.29) is 11.8 Å². The zero-order chi connectivity index (χ0) is 17.1. The highest BCUT2D eigenvalue weighted by atomic mass is 16.5. The largest absolute Gasteiger partial charge is 0.492 e. The molecule has 7 nitrogen and oxygen atoms in total. The van der Waals surface area contributed by atoms with Crippen LogP contribution >= 0.6 is 0 Å². The molecule has 25 heavy (non-hydrogen) atoms. The molecule has 3 aromatic rings. The van der Waals surface area contributed by atoms with E-state index in [0.717, 1.165) is 11.4 Å². The van der Waals surface area contributed by atoms with Crippen LogP contribution in [-0.4, -0.2) is 38.7 Å². The fraction of sp³-hybridized carbons (Fsp3) is 0.278. The van der Waals surface area contributed by atoms with Gasteiger partial charge in [0.15, 0.2) is 5.76 Å². The minimum Gasteiger partial charge on any atom is -0.492 e. The first-order valence-corrected chi connectivity index (χ1v) is 8.16. The summed E-state index contributed by atoms with van der Waals surface area (Å²) in [6.45, 7) is 2.25. The molecule has 7 heteroatoms. The standard InChI is InChI=1S/C18H18N4O3/c23-18(17-4-2-8-24-17)21-10-14(11-22-15(12-21)5-7-20-22)13-25-16-3-1-6-19-9-16/h1-9,14H,10-13H2. The second-order valence-electron chi connectivity index (χ2n) is 6.03. The van der Waals surface area contributed by atoms with Crippen molar-refractivity contribution in [1.29, 1.82) is 0 Å². The lowest BCUT2D eigenvalue weighted by Crippen LogP contribution is -2.35. The summed E-state index contributed by atoms with van der Waals surface area (Å²) in [5.41, 5.74) is 1.00. The Morgan fingerprint density at radius 2 is 2.20 bits per heavy atom. The number of carbonyl (C=O) groups excluding carboxylic acids is 1. The number of hydrogen-bond acceptors (Lipinski definition) is 5. The van der Waals surface area contributed by atoms with Gasteiger partial charge in [-0.25, -0.2) is 0 Å². The van der Waals surface area contributed by atoms with Crippen LogP contribution in [-0.2, 0) is 13.1 Å². The molecular formula is C18H18N4O3. The molecule has 1 unspecified atom stereocenters. The average Bonchev–Trinajstić information content (AvgIpc) is 3.29. The number of fused-ring (bicyclic) bond motifs is 1. The lowest BCUT2D eigenvalue weighted by Gasteiger charge is -2.23. The molecule has 0 N–H and O–H groups in total. The third kappa shape index (κ3) is 3.40. The van der Waals surface area contributed by atoms with Crippen LogP contribution < -0.4 is 4.74 Å². The maximum Gasteiger partial charge on any atom is 0.289 e. The smallest absolute Gasteiger partial charge is 0.289 e. The normalized spacial score (nSPS) is 17.0. The maximum absolute atomic E-state index is 12.7. The molecule has 4 rings (SSSR count). The highest BCUT2D eigenvalue weighted by Gasteiger charge is 2.27.